The lowest BCUT2D eigenvalue weighted by Gasteiger charge is -2.33. The molecule has 1 atom stereocenters. The van der Waals surface area contributed by atoms with Crippen LogP contribution in [0.2, 0.25) is 10.0 Å². The second-order valence-corrected chi connectivity index (χ2v) is 12.8. The molecule has 3 rings (SSSR count). The maximum absolute atomic E-state index is 14.2. The first-order valence-electron chi connectivity index (χ1n) is 14.3. The number of aryl methyl sites for hydroxylation is 1. The van der Waals surface area contributed by atoms with Gasteiger partial charge in [0.05, 0.1) is 27.2 Å². The molecular formula is C32H39Cl2N3O5S. The molecule has 43 heavy (non-hydrogen) atoms. The number of hydrogen-bond acceptors (Lipinski definition) is 5. The van der Waals surface area contributed by atoms with Gasteiger partial charge in [0.1, 0.15) is 18.3 Å². The number of anilines is 1. The van der Waals surface area contributed by atoms with Crippen LogP contribution in [0.25, 0.3) is 0 Å². The minimum Gasteiger partial charge on any atom is -0.494 e. The van der Waals surface area contributed by atoms with E-state index < -0.39 is 28.5 Å². The highest BCUT2D eigenvalue weighted by Crippen LogP contribution is 2.28. The van der Waals surface area contributed by atoms with Crippen LogP contribution in [0.4, 0.5) is 5.69 Å². The van der Waals surface area contributed by atoms with Crippen molar-refractivity contribution in [1.82, 2.24) is 10.2 Å². The molecule has 0 saturated carbocycles. The monoisotopic (exact) mass is 647 g/mol. The number of benzene rings is 3. The third-order valence-corrected chi connectivity index (χ3v) is 9.40. The van der Waals surface area contributed by atoms with E-state index in [2.05, 4.69) is 5.32 Å². The normalized spacial score (nSPS) is 12.0. The highest BCUT2D eigenvalue weighted by atomic mass is 35.5. The lowest BCUT2D eigenvalue weighted by molar-refractivity contribution is -0.140. The highest BCUT2D eigenvalue weighted by molar-refractivity contribution is 7.92. The van der Waals surface area contributed by atoms with Crippen molar-refractivity contribution < 1.29 is 22.7 Å². The number of hydrogen-bond donors (Lipinski definition) is 1. The van der Waals surface area contributed by atoms with E-state index in [9.17, 15) is 18.0 Å². The molecule has 0 aliphatic rings. The Morgan fingerprint density at radius 1 is 0.930 bits per heavy atom. The predicted octanol–water partition coefficient (Wildman–Crippen LogP) is 6.62. The molecule has 0 radical (unpaired) electrons. The van der Waals surface area contributed by atoms with Gasteiger partial charge in [0, 0.05) is 13.1 Å². The van der Waals surface area contributed by atoms with Gasteiger partial charge in [-0.25, -0.2) is 8.42 Å². The van der Waals surface area contributed by atoms with Crippen LogP contribution in [-0.4, -0.2) is 50.9 Å². The fourth-order valence-corrected chi connectivity index (χ4v) is 6.24. The van der Waals surface area contributed by atoms with Crippen LogP contribution in [0.3, 0.4) is 0 Å². The van der Waals surface area contributed by atoms with Crippen LogP contribution in [0.15, 0.2) is 71.6 Å². The van der Waals surface area contributed by atoms with Gasteiger partial charge in [-0.15, -0.1) is 0 Å². The SMILES string of the molecule is CCCCNC(=O)C(CC)N(Cc1ccc(Cl)c(Cl)c1)C(=O)CN(c1ccc(C)cc1)S(=O)(=O)c1ccc(OCC)cc1. The summed E-state index contributed by atoms with van der Waals surface area (Å²) in [5.41, 5.74) is 1.91. The summed E-state index contributed by atoms with van der Waals surface area (Å²) < 4.78 is 34.6. The van der Waals surface area contributed by atoms with Gasteiger partial charge in [0.15, 0.2) is 0 Å². The van der Waals surface area contributed by atoms with Gasteiger partial charge in [0.25, 0.3) is 10.0 Å². The average molecular weight is 649 g/mol. The van der Waals surface area contributed by atoms with E-state index >= 15 is 0 Å². The van der Waals surface area contributed by atoms with Gasteiger partial charge in [-0.1, -0.05) is 67.2 Å². The maximum Gasteiger partial charge on any atom is 0.264 e. The van der Waals surface area contributed by atoms with E-state index in [1.165, 1.54) is 17.0 Å². The zero-order valence-corrected chi connectivity index (χ0v) is 27.3. The number of carbonyl (C=O) groups excluding carboxylic acids is 2. The smallest absolute Gasteiger partial charge is 0.264 e. The predicted molar refractivity (Wildman–Crippen MR) is 172 cm³/mol. The third-order valence-electron chi connectivity index (χ3n) is 6.88. The zero-order chi connectivity index (χ0) is 31.6. The molecule has 3 aromatic carbocycles. The van der Waals surface area contributed by atoms with Crippen molar-refractivity contribution in [1.29, 1.82) is 0 Å². The molecule has 0 heterocycles. The Balaban J connectivity index is 2.04. The Hall–Kier alpha value is -3.27. The van der Waals surface area contributed by atoms with Gasteiger partial charge in [-0.05, 0) is 80.8 Å². The van der Waals surface area contributed by atoms with Crippen molar-refractivity contribution in [3.05, 3.63) is 87.9 Å². The molecule has 0 saturated heterocycles. The van der Waals surface area contributed by atoms with E-state index in [-0.39, 0.29) is 17.3 Å². The lowest BCUT2D eigenvalue weighted by atomic mass is 10.1. The molecule has 11 heteroatoms. The van der Waals surface area contributed by atoms with E-state index in [1.807, 2.05) is 27.7 Å². The van der Waals surface area contributed by atoms with Gasteiger partial charge in [0.2, 0.25) is 11.8 Å². The molecule has 1 N–H and O–H groups in total. The number of sulfonamides is 1. The third kappa shape index (κ3) is 9.11. The van der Waals surface area contributed by atoms with Crippen molar-refractivity contribution in [3.63, 3.8) is 0 Å². The Morgan fingerprint density at radius 2 is 1.60 bits per heavy atom. The van der Waals surface area contributed by atoms with Crippen LogP contribution in [0.1, 0.15) is 51.2 Å². The maximum atomic E-state index is 14.2. The summed E-state index contributed by atoms with van der Waals surface area (Å²) in [7, 11) is -4.19. The molecule has 2 amide bonds. The second kappa shape index (κ2) is 16.0. The molecule has 8 nitrogen and oxygen atoms in total. The number of rotatable bonds is 15. The molecule has 3 aromatic rings. The number of ether oxygens (including phenoxy) is 1. The van der Waals surface area contributed by atoms with Crippen molar-refractivity contribution >= 4 is 50.7 Å². The minimum atomic E-state index is -4.19. The summed E-state index contributed by atoms with van der Waals surface area (Å²) in [4.78, 5) is 28.9. The van der Waals surface area contributed by atoms with E-state index in [0.717, 1.165) is 22.7 Å². The molecule has 232 valence electrons. The summed E-state index contributed by atoms with van der Waals surface area (Å²) in [5, 5.41) is 3.59. The number of unbranched alkanes of at least 4 members (excludes halogenated alkanes) is 1. The largest absolute Gasteiger partial charge is 0.494 e. The summed E-state index contributed by atoms with van der Waals surface area (Å²) >= 11 is 12.4. The number of nitrogens with one attached hydrogen (secondary N) is 1. The van der Waals surface area contributed by atoms with Crippen LogP contribution in [0, 0.1) is 6.92 Å². The van der Waals surface area contributed by atoms with Gasteiger partial charge >= 0.3 is 0 Å². The first kappa shape index (κ1) is 34.2. The fraction of sp³-hybridized carbons (Fsp3) is 0.375. The quantitative estimate of drug-likeness (QED) is 0.187. The van der Waals surface area contributed by atoms with Crippen molar-refractivity contribution in [2.24, 2.45) is 0 Å². The summed E-state index contributed by atoms with van der Waals surface area (Å²) in [6, 6.07) is 17.1. The van der Waals surface area contributed by atoms with Crippen LogP contribution >= 0.6 is 23.2 Å². The highest BCUT2D eigenvalue weighted by Gasteiger charge is 2.33. The van der Waals surface area contributed by atoms with Crippen molar-refractivity contribution in [3.8, 4) is 5.75 Å². The van der Waals surface area contributed by atoms with Crippen LogP contribution < -0.4 is 14.4 Å². The number of carbonyl (C=O) groups is 2. The Kier molecular flexibility index (Phi) is 12.7. The van der Waals surface area contributed by atoms with Crippen molar-refractivity contribution in [2.75, 3.05) is 24.0 Å². The zero-order valence-electron chi connectivity index (χ0n) is 25.0. The molecule has 0 aliphatic carbocycles. The van der Waals surface area contributed by atoms with E-state index in [0.29, 0.717) is 46.6 Å². The lowest BCUT2D eigenvalue weighted by Crippen LogP contribution is -2.52. The number of halogens is 2. The Labute approximate surface area is 265 Å². The molecule has 1 unspecified atom stereocenters. The summed E-state index contributed by atoms with van der Waals surface area (Å²) in [5.74, 6) is -0.314. The summed E-state index contributed by atoms with van der Waals surface area (Å²) in [6.45, 7) is 7.98. The topological polar surface area (TPSA) is 96.0 Å². The average Bonchev–Trinajstić information content (AvgIpc) is 2.98. The molecule has 0 spiro atoms. The number of nitrogens with zero attached hydrogens (tertiary/aromatic N) is 2. The summed E-state index contributed by atoms with van der Waals surface area (Å²) in [6.07, 6.45) is 2.02. The second-order valence-electron chi connectivity index (χ2n) is 10.1. The van der Waals surface area contributed by atoms with Crippen molar-refractivity contribution in [2.45, 2.75) is 64.4 Å². The first-order chi connectivity index (χ1) is 20.5. The molecule has 0 aliphatic heterocycles. The van der Waals surface area contributed by atoms with Crippen LogP contribution in [-0.2, 0) is 26.2 Å². The molecule has 0 bridgehead atoms. The molecular weight excluding hydrogens is 609 g/mol. The molecule has 0 aromatic heterocycles. The fourth-order valence-electron chi connectivity index (χ4n) is 4.50. The standard InChI is InChI=1S/C32H39Cl2N3O5S/c1-5-8-19-35-32(39)30(6-2)36(21-24-11-18-28(33)29(34)20-24)31(38)22-37(25-12-9-23(4)10-13-25)43(40,41)27-16-14-26(15-17-27)42-7-3/h9-18,20,30H,5-8,19,21-22H2,1-4H3,(H,35,39). The van der Waals surface area contributed by atoms with E-state index in [1.54, 1.807) is 54.6 Å². The van der Waals surface area contributed by atoms with Crippen LogP contribution in [0.5, 0.6) is 5.75 Å². The van der Waals surface area contributed by atoms with Gasteiger partial charge < -0.3 is 15.0 Å². The van der Waals surface area contributed by atoms with E-state index in [4.69, 9.17) is 27.9 Å². The molecule has 0 fully saturated rings. The first-order valence-corrected chi connectivity index (χ1v) is 16.5. The Morgan fingerprint density at radius 3 is 2.19 bits per heavy atom. The van der Waals surface area contributed by atoms with Gasteiger partial charge in [-0.2, -0.15) is 0 Å². The van der Waals surface area contributed by atoms with Gasteiger partial charge in [-0.3, -0.25) is 13.9 Å². The Bertz CT molecular complexity index is 1480. The minimum absolute atomic E-state index is 0.00436. The number of amides is 2.